The summed E-state index contributed by atoms with van der Waals surface area (Å²) in [7, 11) is 3.33. The van der Waals surface area contributed by atoms with Gasteiger partial charge >= 0.3 is 0 Å². The molecule has 0 saturated carbocycles. The van der Waals surface area contributed by atoms with E-state index in [1.54, 1.807) is 19.2 Å². The van der Waals surface area contributed by atoms with Gasteiger partial charge in [0.25, 0.3) is 0 Å². The van der Waals surface area contributed by atoms with E-state index in [-0.39, 0.29) is 5.75 Å². The molecule has 0 aliphatic rings. The van der Waals surface area contributed by atoms with E-state index in [0.717, 1.165) is 29.7 Å². The average Bonchev–Trinajstić information content (AvgIpc) is 2.19. The topological polar surface area (TPSA) is 43.4 Å². The Bertz CT molecular complexity index is 454. The van der Waals surface area contributed by atoms with Crippen LogP contribution in [0.4, 0.5) is 0 Å². The highest BCUT2D eigenvalue weighted by molar-refractivity contribution is 8.13. The van der Waals surface area contributed by atoms with Crippen LogP contribution in [0, 0.1) is 0 Å². The lowest BCUT2D eigenvalue weighted by molar-refractivity contribution is 0.414. The number of halogens is 1. The summed E-state index contributed by atoms with van der Waals surface area (Å²) in [5.74, 6) is 0.604. The van der Waals surface area contributed by atoms with E-state index in [1.807, 2.05) is 13.0 Å². The Kier molecular flexibility index (Phi) is 4.62. The van der Waals surface area contributed by atoms with Gasteiger partial charge in [0, 0.05) is 10.7 Å². The number of ether oxygens (including phenoxy) is 1. The van der Waals surface area contributed by atoms with Crippen molar-refractivity contribution in [1.82, 2.24) is 0 Å². The molecule has 5 heteroatoms. The molecule has 0 aliphatic carbocycles. The number of hydrogen-bond donors (Lipinski definition) is 0. The first kappa shape index (κ1) is 13.3. The lowest BCUT2D eigenvalue weighted by Crippen LogP contribution is -2.00. The monoisotopic (exact) mass is 262 g/mol. The fraction of sp³-hybridized carbons (Fsp3) is 0.455. The van der Waals surface area contributed by atoms with Crippen molar-refractivity contribution >= 4 is 19.7 Å². The average molecular weight is 263 g/mol. The van der Waals surface area contributed by atoms with Crippen LogP contribution in [-0.4, -0.2) is 15.5 Å². The summed E-state index contributed by atoms with van der Waals surface area (Å²) in [5, 5.41) is 0. The van der Waals surface area contributed by atoms with E-state index >= 15 is 0 Å². The predicted molar refractivity (Wildman–Crippen MR) is 65.5 cm³/mol. The second-order valence-electron chi connectivity index (χ2n) is 3.57. The van der Waals surface area contributed by atoms with Gasteiger partial charge in [-0.25, -0.2) is 8.42 Å². The third-order valence-electron chi connectivity index (χ3n) is 2.26. The van der Waals surface area contributed by atoms with Crippen molar-refractivity contribution in [2.45, 2.75) is 25.5 Å². The lowest BCUT2D eigenvalue weighted by Gasteiger charge is -2.09. The van der Waals surface area contributed by atoms with Gasteiger partial charge in [0.15, 0.2) is 0 Å². The van der Waals surface area contributed by atoms with Crippen molar-refractivity contribution in [2.24, 2.45) is 0 Å². The summed E-state index contributed by atoms with van der Waals surface area (Å²) >= 11 is 0. The molecule has 0 N–H and O–H groups in total. The Balaban J connectivity index is 3.07. The van der Waals surface area contributed by atoms with Crippen LogP contribution < -0.4 is 4.74 Å². The van der Waals surface area contributed by atoms with Crippen LogP contribution in [0.25, 0.3) is 0 Å². The SMILES string of the molecule is CCCc1cc(OC)ccc1CS(=O)(=O)Cl. The van der Waals surface area contributed by atoms with Crippen LogP contribution >= 0.6 is 10.7 Å². The van der Waals surface area contributed by atoms with Gasteiger partial charge in [-0.15, -0.1) is 0 Å². The molecule has 0 aliphatic heterocycles. The van der Waals surface area contributed by atoms with Gasteiger partial charge in [0.05, 0.1) is 12.9 Å². The molecule has 1 rings (SSSR count). The Labute approximate surface area is 101 Å². The van der Waals surface area contributed by atoms with Crippen molar-refractivity contribution < 1.29 is 13.2 Å². The maximum atomic E-state index is 11.0. The molecule has 0 bridgehead atoms. The molecular weight excluding hydrogens is 248 g/mol. The van der Waals surface area contributed by atoms with Gasteiger partial charge in [-0.05, 0) is 29.7 Å². The van der Waals surface area contributed by atoms with Crippen molar-refractivity contribution in [1.29, 1.82) is 0 Å². The minimum atomic E-state index is -3.51. The van der Waals surface area contributed by atoms with Gasteiger partial charge in [0.1, 0.15) is 5.75 Å². The van der Waals surface area contributed by atoms with Crippen molar-refractivity contribution in [3.63, 3.8) is 0 Å². The third kappa shape index (κ3) is 4.02. The first-order valence-electron chi connectivity index (χ1n) is 5.04. The number of aryl methyl sites for hydroxylation is 1. The molecule has 1 aromatic carbocycles. The smallest absolute Gasteiger partial charge is 0.236 e. The summed E-state index contributed by atoms with van der Waals surface area (Å²) in [4.78, 5) is 0. The molecule has 0 amide bonds. The highest BCUT2D eigenvalue weighted by Gasteiger charge is 2.11. The first-order valence-corrected chi connectivity index (χ1v) is 7.52. The van der Waals surface area contributed by atoms with Gasteiger partial charge in [-0.3, -0.25) is 0 Å². The standard InChI is InChI=1S/C11H15ClO3S/c1-3-4-9-7-11(15-2)6-5-10(9)8-16(12,13)14/h5-7H,3-4,8H2,1-2H3. The van der Waals surface area contributed by atoms with Crippen LogP contribution in [0.5, 0.6) is 5.75 Å². The molecule has 1 aromatic rings. The van der Waals surface area contributed by atoms with E-state index in [0.29, 0.717) is 0 Å². The molecule has 0 radical (unpaired) electrons. The molecule has 90 valence electrons. The number of hydrogen-bond acceptors (Lipinski definition) is 3. The largest absolute Gasteiger partial charge is 0.497 e. The zero-order chi connectivity index (χ0) is 12.2. The summed E-state index contributed by atoms with van der Waals surface area (Å²) < 4.78 is 27.2. The van der Waals surface area contributed by atoms with Crippen molar-refractivity contribution in [2.75, 3.05) is 7.11 Å². The molecule has 16 heavy (non-hydrogen) atoms. The molecule has 0 heterocycles. The molecule has 0 unspecified atom stereocenters. The zero-order valence-electron chi connectivity index (χ0n) is 9.36. The Morgan fingerprint density at radius 3 is 2.50 bits per heavy atom. The second-order valence-corrected chi connectivity index (χ2v) is 6.34. The summed E-state index contributed by atoms with van der Waals surface area (Å²) in [6, 6.07) is 5.36. The van der Waals surface area contributed by atoms with Crippen LogP contribution in [0.2, 0.25) is 0 Å². The molecular formula is C11H15ClO3S. The van der Waals surface area contributed by atoms with E-state index in [4.69, 9.17) is 15.4 Å². The quantitative estimate of drug-likeness (QED) is 0.767. The second kappa shape index (κ2) is 5.55. The number of methoxy groups -OCH3 is 1. The Morgan fingerprint density at radius 2 is 2.00 bits per heavy atom. The Hall–Kier alpha value is -0.740. The zero-order valence-corrected chi connectivity index (χ0v) is 10.9. The van der Waals surface area contributed by atoms with Gasteiger partial charge in [-0.2, -0.15) is 0 Å². The maximum absolute atomic E-state index is 11.0. The van der Waals surface area contributed by atoms with E-state index in [2.05, 4.69) is 0 Å². The first-order chi connectivity index (χ1) is 7.46. The molecule has 0 aromatic heterocycles. The maximum Gasteiger partial charge on any atom is 0.236 e. The summed E-state index contributed by atoms with van der Waals surface area (Å²) in [6.45, 7) is 2.04. The normalized spacial score (nSPS) is 11.4. The highest BCUT2D eigenvalue weighted by atomic mass is 35.7. The van der Waals surface area contributed by atoms with Gasteiger partial charge in [0.2, 0.25) is 9.05 Å². The molecule has 0 atom stereocenters. The highest BCUT2D eigenvalue weighted by Crippen LogP contribution is 2.22. The van der Waals surface area contributed by atoms with E-state index in [1.165, 1.54) is 0 Å². The summed E-state index contributed by atoms with van der Waals surface area (Å²) in [5.41, 5.74) is 1.73. The molecule has 3 nitrogen and oxygen atoms in total. The minimum absolute atomic E-state index is 0.131. The minimum Gasteiger partial charge on any atom is -0.497 e. The number of benzene rings is 1. The molecule has 0 spiro atoms. The Morgan fingerprint density at radius 1 is 1.31 bits per heavy atom. The van der Waals surface area contributed by atoms with Crippen molar-refractivity contribution in [3.8, 4) is 5.75 Å². The molecule has 0 fully saturated rings. The fourth-order valence-corrected chi connectivity index (χ4v) is 2.56. The van der Waals surface area contributed by atoms with E-state index < -0.39 is 9.05 Å². The fourth-order valence-electron chi connectivity index (χ4n) is 1.56. The van der Waals surface area contributed by atoms with Crippen LogP contribution in [-0.2, 0) is 21.2 Å². The molecule has 0 saturated heterocycles. The van der Waals surface area contributed by atoms with Crippen LogP contribution in [0.3, 0.4) is 0 Å². The van der Waals surface area contributed by atoms with Crippen molar-refractivity contribution in [3.05, 3.63) is 29.3 Å². The van der Waals surface area contributed by atoms with Crippen LogP contribution in [0.1, 0.15) is 24.5 Å². The van der Waals surface area contributed by atoms with Gasteiger partial charge < -0.3 is 4.74 Å². The summed E-state index contributed by atoms with van der Waals surface area (Å²) in [6.07, 6.45) is 1.77. The lowest BCUT2D eigenvalue weighted by atomic mass is 10.0. The predicted octanol–water partition coefficient (Wildman–Crippen LogP) is 2.72. The van der Waals surface area contributed by atoms with Gasteiger partial charge in [-0.1, -0.05) is 19.4 Å². The third-order valence-corrected chi connectivity index (χ3v) is 3.24. The van der Waals surface area contributed by atoms with E-state index in [9.17, 15) is 8.42 Å². The van der Waals surface area contributed by atoms with Crippen LogP contribution in [0.15, 0.2) is 18.2 Å². The number of rotatable bonds is 5.